The van der Waals surface area contributed by atoms with Crippen LogP contribution in [0.15, 0.2) is 36.5 Å². The van der Waals surface area contributed by atoms with Gasteiger partial charge in [0.15, 0.2) is 0 Å². The predicted molar refractivity (Wildman–Crippen MR) is 74.8 cm³/mol. The standard InChI is InChI=1S/C16H26O/c1-6-10-16(5,17)12-9-14-13(2)8-7-11-15(14,3)4/h6,8-9,12,14,17H,1,7,10-11H2,2-5H3/b12-9+. The normalized spacial score (nSPS) is 27.6. The molecule has 2 unspecified atom stereocenters. The van der Waals surface area contributed by atoms with E-state index < -0.39 is 5.60 Å². The molecule has 0 spiro atoms. The molecule has 1 heteroatoms. The van der Waals surface area contributed by atoms with Crippen LogP contribution in [0.2, 0.25) is 0 Å². The Hall–Kier alpha value is -0.820. The van der Waals surface area contributed by atoms with E-state index in [0.29, 0.717) is 17.8 Å². The van der Waals surface area contributed by atoms with Crippen LogP contribution in [0.25, 0.3) is 0 Å². The SMILES string of the molecule is C=CCC(C)(O)/C=C/C1C(C)=CCCC1(C)C. The van der Waals surface area contributed by atoms with Crippen LogP contribution in [0.3, 0.4) is 0 Å². The van der Waals surface area contributed by atoms with Crippen LogP contribution in [-0.2, 0) is 0 Å². The summed E-state index contributed by atoms with van der Waals surface area (Å²) in [5.74, 6) is 0.438. The van der Waals surface area contributed by atoms with Gasteiger partial charge in [-0.15, -0.1) is 6.58 Å². The third-order valence-corrected chi connectivity index (χ3v) is 3.79. The molecule has 0 aliphatic heterocycles. The molecule has 0 heterocycles. The van der Waals surface area contributed by atoms with Crippen molar-refractivity contribution in [2.24, 2.45) is 11.3 Å². The molecule has 1 aliphatic rings. The van der Waals surface area contributed by atoms with Crippen LogP contribution in [0, 0.1) is 11.3 Å². The monoisotopic (exact) mass is 234 g/mol. The second-order valence-corrected chi connectivity index (χ2v) is 6.16. The lowest BCUT2D eigenvalue weighted by Crippen LogP contribution is -2.27. The van der Waals surface area contributed by atoms with Crippen LogP contribution in [0.1, 0.15) is 47.0 Å². The minimum atomic E-state index is -0.768. The van der Waals surface area contributed by atoms with Gasteiger partial charge in [-0.05, 0) is 38.5 Å². The van der Waals surface area contributed by atoms with Crippen molar-refractivity contribution in [3.8, 4) is 0 Å². The zero-order chi connectivity index (χ0) is 13.1. The molecule has 1 nitrogen and oxygen atoms in total. The Bertz CT molecular complexity index is 331. The van der Waals surface area contributed by atoms with Gasteiger partial charge in [0.1, 0.15) is 0 Å². The van der Waals surface area contributed by atoms with E-state index in [1.165, 1.54) is 18.4 Å². The lowest BCUT2D eigenvalue weighted by molar-refractivity contribution is 0.114. The summed E-state index contributed by atoms with van der Waals surface area (Å²) >= 11 is 0. The fraction of sp³-hybridized carbons (Fsp3) is 0.625. The van der Waals surface area contributed by atoms with E-state index in [1.807, 2.05) is 13.0 Å². The summed E-state index contributed by atoms with van der Waals surface area (Å²) in [6.07, 6.45) is 11.2. The molecule has 0 fully saturated rings. The van der Waals surface area contributed by atoms with Crippen molar-refractivity contribution in [3.05, 3.63) is 36.5 Å². The predicted octanol–water partition coefficient (Wildman–Crippen LogP) is 4.25. The minimum Gasteiger partial charge on any atom is -0.386 e. The van der Waals surface area contributed by atoms with Gasteiger partial charge in [-0.2, -0.15) is 0 Å². The Morgan fingerprint density at radius 2 is 2.24 bits per heavy atom. The van der Waals surface area contributed by atoms with Crippen molar-refractivity contribution in [2.75, 3.05) is 0 Å². The van der Waals surface area contributed by atoms with Gasteiger partial charge in [0, 0.05) is 5.92 Å². The number of hydrogen-bond acceptors (Lipinski definition) is 1. The van der Waals surface area contributed by atoms with E-state index in [-0.39, 0.29) is 0 Å². The van der Waals surface area contributed by atoms with Crippen LogP contribution in [0.5, 0.6) is 0 Å². The molecule has 0 aromatic carbocycles. The van der Waals surface area contributed by atoms with Crippen LogP contribution < -0.4 is 0 Å². The van der Waals surface area contributed by atoms with Gasteiger partial charge in [0.25, 0.3) is 0 Å². The quantitative estimate of drug-likeness (QED) is 0.721. The Morgan fingerprint density at radius 1 is 1.59 bits per heavy atom. The van der Waals surface area contributed by atoms with Crippen molar-refractivity contribution in [1.82, 2.24) is 0 Å². The maximum absolute atomic E-state index is 10.1. The third-order valence-electron chi connectivity index (χ3n) is 3.79. The summed E-state index contributed by atoms with van der Waals surface area (Å²) in [5, 5.41) is 10.1. The number of hydrogen-bond donors (Lipinski definition) is 1. The molecule has 0 saturated heterocycles. The molecule has 1 N–H and O–H groups in total. The summed E-state index contributed by atoms with van der Waals surface area (Å²) in [5.41, 5.74) is 0.946. The highest BCUT2D eigenvalue weighted by Gasteiger charge is 2.31. The fourth-order valence-electron chi connectivity index (χ4n) is 2.65. The van der Waals surface area contributed by atoms with Gasteiger partial charge < -0.3 is 5.11 Å². The van der Waals surface area contributed by atoms with Crippen molar-refractivity contribution in [1.29, 1.82) is 0 Å². The summed E-state index contributed by atoms with van der Waals surface area (Å²) in [4.78, 5) is 0. The maximum atomic E-state index is 10.1. The highest BCUT2D eigenvalue weighted by molar-refractivity contribution is 5.20. The van der Waals surface area contributed by atoms with E-state index in [1.54, 1.807) is 6.08 Å². The number of aliphatic hydroxyl groups is 1. The number of allylic oxidation sites excluding steroid dienone is 3. The molecule has 1 rings (SSSR count). The van der Waals surface area contributed by atoms with Gasteiger partial charge in [-0.1, -0.05) is 43.7 Å². The highest BCUT2D eigenvalue weighted by Crippen LogP contribution is 2.41. The van der Waals surface area contributed by atoms with Crippen molar-refractivity contribution in [2.45, 2.75) is 52.6 Å². The van der Waals surface area contributed by atoms with E-state index in [4.69, 9.17) is 0 Å². The van der Waals surface area contributed by atoms with E-state index >= 15 is 0 Å². The van der Waals surface area contributed by atoms with E-state index in [2.05, 4.69) is 39.5 Å². The summed E-state index contributed by atoms with van der Waals surface area (Å²) in [6, 6.07) is 0. The topological polar surface area (TPSA) is 20.2 Å². The van der Waals surface area contributed by atoms with E-state index in [0.717, 1.165) is 0 Å². The average Bonchev–Trinajstić information content (AvgIpc) is 2.15. The zero-order valence-corrected chi connectivity index (χ0v) is 11.7. The first-order valence-corrected chi connectivity index (χ1v) is 6.48. The first kappa shape index (κ1) is 14.2. The molecule has 0 amide bonds. The molecule has 17 heavy (non-hydrogen) atoms. The van der Waals surface area contributed by atoms with Crippen LogP contribution in [-0.4, -0.2) is 10.7 Å². The zero-order valence-electron chi connectivity index (χ0n) is 11.7. The minimum absolute atomic E-state index is 0.291. The molecule has 2 atom stereocenters. The molecule has 0 bridgehead atoms. The molecular weight excluding hydrogens is 208 g/mol. The lowest BCUT2D eigenvalue weighted by Gasteiger charge is -2.37. The van der Waals surface area contributed by atoms with E-state index in [9.17, 15) is 5.11 Å². The van der Waals surface area contributed by atoms with Crippen molar-refractivity contribution in [3.63, 3.8) is 0 Å². The Kier molecular flexibility index (Phi) is 4.37. The van der Waals surface area contributed by atoms with Crippen molar-refractivity contribution < 1.29 is 5.11 Å². The molecular formula is C16H26O. The Morgan fingerprint density at radius 3 is 2.76 bits per heavy atom. The Labute approximate surface area is 106 Å². The molecule has 0 aromatic heterocycles. The first-order valence-electron chi connectivity index (χ1n) is 6.48. The van der Waals surface area contributed by atoms with Crippen LogP contribution in [0.4, 0.5) is 0 Å². The van der Waals surface area contributed by atoms with Gasteiger partial charge in [0.2, 0.25) is 0 Å². The molecule has 96 valence electrons. The summed E-state index contributed by atoms with van der Waals surface area (Å²) in [7, 11) is 0. The highest BCUT2D eigenvalue weighted by atomic mass is 16.3. The summed E-state index contributed by atoms with van der Waals surface area (Å²) < 4.78 is 0. The number of rotatable bonds is 4. The first-order chi connectivity index (χ1) is 7.78. The second-order valence-electron chi connectivity index (χ2n) is 6.16. The fourth-order valence-corrected chi connectivity index (χ4v) is 2.65. The summed E-state index contributed by atoms with van der Waals surface area (Å²) in [6.45, 7) is 12.3. The molecule has 0 saturated carbocycles. The molecule has 0 radical (unpaired) electrons. The average molecular weight is 234 g/mol. The van der Waals surface area contributed by atoms with Gasteiger partial charge in [0.05, 0.1) is 5.60 Å². The maximum Gasteiger partial charge on any atom is 0.0834 e. The van der Waals surface area contributed by atoms with Crippen molar-refractivity contribution >= 4 is 0 Å². The lowest BCUT2D eigenvalue weighted by atomic mass is 9.68. The molecule has 0 aromatic rings. The van der Waals surface area contributed by atoms with Crippen LogP contribution >= 0.6 is 0 Å². The van der Waals surface area contributed by atoms with Gasteiger partial charge >= 0.3 is 0 Å². The van der Waals surface area contributed by atoms with Gasteiger partial charge in [-0.25, -0.2) is 0 Å². The molecule has 1 aliphatic carbocycles. The Balaban J connectivity index is 2.85. The smallest absolute Gasteiger partial charge is 0.0834 e. The second kappa shape index (κ2) is 5.22. The van der Waals surface area contributed by atoms with Gasteiger partial charge in [-0.3, -0.25) is 0 Å². The third kappa shape index (κ3) is 3.85. The largest absolute Gasteiger partial charge is 0.386 e.